The highest BCUT2D eigenvalue weighted by Crippen LogP contribution is 2.18. The van der Waals surface area contributed by atoms with Crippen molar-refractivity contribution in [2.75, 3.05) is 11.9 Å². The Bertz CT molecular complexity index is 384. The molecule has 0 aliphatic carbocycles. The highest BCUT2D eigenvalue weighted by molar-refractivity contribution is 5.52. The zero-order valence-electron chi connectivity index (χ0n) is 9.25. The van der Waals surface area contributed by atoms with Crippen LogP contribution in [0, 0.1) is 25.2 Å². The van der Waals surface area contributed by atoms with Crippen molar-refractivity contribution in [1.82, 2.24) is 9.78 Å². The number of anilines is 1. The predicted molar refractivity (Wildman–Crippen MR) is 60.6 cm³/mol. The molecule has 80 valence electrons. The first-order valence-electron chi connectivity index (χ1n) is 4.96. The van der Waals surface area contributed by atoms with Crippen LogP contribution < -0.4 is 5.32 Å². The average Bonchev–Trinajstić information content (AvgIpc) is 2.46. The van der Waals surface area contributed by atoms with Crippen LogP contribution in [0.3, 0.4) is 0 Å². The van der Waals surface area contributed by atoms with Gasteiger partial charge in [-0.2, -0.15) is 10.4 Å². The molecule has 0 aliphatic rings. The average molecular weight is 204 g/mol. The zero-order chi connectivity index (χ0) is 11.3. The quantitative estimate of drug-likeness (QED) is 0.589. The van der Waals surface area contributed by atoms with Crippen LogP contribution in [-0.4, -0.2) is 16.3 Å². The van der Waals surface area contributed by atoms with Gasteiger partial charge in [0.1, 0.15) is 6.54 Å². The molecule has 0 bridgehead atoms. The van der Waals surface area contributed by atoms with E-state index < -0.39 is 0 Å². The van der Waals surface area contributed by atoms with Crippen molar-refractivity contribution in [1.29, 1.82) is 5.26 Å². The molecule has 0 aliphatic heterocycles. The van der Waals surface area contributed by atoms with E-state index in [2.05, 4.69) is 23.1 Å². The molecular formula is C11H16N4. The number of rotatable bonds is 5. The second kappa shape index (κ2) is 5.20. The van der Waals surface area contributed by atoms with Gasteiger partial charge in [-0.25, -0.2) is 0 Å². The Morgan fingerprint density at radius 3 is 2.93 bits per heavy atom. The van der Waals surface area contributed by atoms with E-state index in [-0.39, 0.29) is 0 Å². The van der Waals surface area contributed by atoms with Crippen LogP contribution in [0.25, 0.3) is 0 Å². The fourth-order valence-electron chi connectivity index (χ4n) is 1.47. The van der Waals surface area contributed by atoms with Gasteiger partial charge in [0, 0.05) is 6.54 Å². The summed E-state index contributed by atoms with van der Waals surface area (Å²) in [6.07, 6.45) is 2.79. The number of hydrogen-bond donors (Lipinski definition) is 1. The molecule has 15 heavy (non-hydrogen) atoms. The standard InChI is InChI=1S/C11H16N4/c1-4-5-7-13-11-9(2)14-15(8-6-12)10(11)3/h4,13H,1,5,7-8H2,2-3H3. The molecule has 1 aromatic rings. The van der Waals surface area contributed by atoms with E-state index in [4.69, 9.17) is 5.26 Å². The Hall–Kier alpha value is -1.76. The van der Waals surface area contributed by atoms with Crippen LogP contribution in [0.2, 0.25) is 0 Å². The second-order valence-corrected chi connectivity index (χ2v) is 3.37. The van der Waals surface area contributed by atoms with Gasteiger partial charge in [0.05, 0.1) is 23.1 Å². The summed E-state index contributed by atoms with van der Waals surface area (Å²) in [6.45, 7) is 8.73. The SMILES string of the molecule is C=CCCNc1c(C)nn(CC#N)c1C. The van der Waals surface area contributed by atoms with Gasteiger partial charge >= 0.3 is 0 Å². The van der Waals surface area contributed by atoms with Crippen molar-refractivity contribution in [2.24, 2.45) is 0 Å². The maximum atomic E-state index is 8.61. The predicted octanol–water partition coefficient (Wildman–Crippen LogP) is 2.01. The molecule has 0 atom stereocenters. The lowest BCUT2D eigenvalue weighted by Gasteiger charge is -2.04. The molecule has 0 amide bonds. The summed E-state index contributed by atoms with van der Waals surface area (Å²) < 4.78 is 1.71. The third kappa shape index (κ3) is 2.59. The van der Waals surface area contributed by atoms with Gasteiger partial charge in [0.25, 0.3) is 0 Å². The van der Waals surface area contributed by atoms with Crippen LogP contribution >= 0.6 is 0 Å². The molecule has 0 unspecified atom stereocenters. The molecule has 1 rings (SSSR count). The van der Waals surface area contributed by atoms with E-state index in [1.807, 2.05) is 19.9 Å². The van der Waals surface area contributed by atoms with E-state index in [0.29, 0.717) is 6.54 Å². The molecule has 0 aromatic carbocycles. The molecule has 0 saturated heterocycles. The Balaban J connectivity index is 2.79. The summed E-state index contributed by atoms with van der Waals surface area (Å²) in [5, 5.41) is 16.2. The number of aromatic nitrogens is 2. The van der Waals surface area contributed by atoms with Gasteiger partial charge < -0.3 is 5.32 Å². The van der Waals surface area contributed by atoms with Gasteiger partial charge in [0.15, 0.2) is 0 Å². The lowest BCUT2D eigenvalue weighted by Crippen LogP contribution is -2.03. The number of nitrogens with one attached hydrogen (secondary N) is 1. The number of nitrogens with zero attached hydrogens (tertiary/aromatic N) is 3. The van der Waals surface area contributed by atoms with Crippen LogP contribution in [0.15, 0.2) is 12.7 Å². The van der Waals surface area contributed by atoms with E-state index in [9.17, 15) is 0 Å². The molecule has 4 nitrogen and oxygen atoms in total. The van der Waals surface area contributed by atoms with E-state index in [0.717, 1.165) is 30.0 Å². The monoisotopic (exact) mass is 204 g/mol. The molecule has 0 spiro atoms. The number of nitriles is 1. The van der Waals surface area contributed by atoms with E-state index >= 15 is 0 Å². The second-order valence-electron chi connectivity index (χ2n) is 3.37. The number of aryl methyl sites for hydroxylation is 1. The van der Waals surface area contributed by atoms with Crippen molar-refractivity contribution in [2.45, 2.75) is 26.8 Å². The minimum Gasteiger partial charge on any atom is -0.382 e. The molecule has 1 N–H and O–H groups in total. The largest absolute Gasteiger partial charge is 0.382 e. The van der Waals surface area contributed by atoms with Crippen molar-refractivity contribution < 1.29 is 0 Å². The fraction of sp³-hybridized carbons (Fsp3) is 0.455. The topological polar surface area (TPSA) is 53.6 Å². The zero-order valence-corrected chi connectivity index (χ0v) is 9.25. The molecule has 4 heteroatoms. The third-order valence-electron chi connectivity index (χ3n) is 2.25. The first-order valence-corrected chi connectivity index (χ1v) is 4.96. The Morgan fingerprint density at radius 1 is 1.60 bits per heavy atom. The van der Waals surface area contributed by atoms with E-state index in [1.165, 1.54) is 0 Å². The van der Waals surface area contributed by atoms with Crippen molar-refractivity contribution >= 4 is 5.69 Å². The highest BCUT2D eigenvalue weighted by Gasteiger charge is 2.09. The smallest absolute Gasteiger partial charge is 0.128 e. The third-order valence-corrected chi connectivity index (χ3v) is 2.25. The summed E-state index contributed by atoms with van der Waals surface area (Å²) >= 11 is 0. The minimum absolute atomic E-state index is 0.301. The molecule has 0 saturated carbocycles. The van der Waals surface area contributed by atoms with Crippen LogP contribution in [0.1, 0.15) is 17.8 Å². The summed E-state index contributed by atoms with van der Waals surface area (Å²) in [4.78, 5) is 0. The maximum Gasteiger partial charge on any atom is 0.128 e. The summed E-state index contributed by atoms with van der Waals surface area (Å²) in [7, 11) is 0. The summed E-state index contributed by atoms with van der Waals surface area (Å²) in [6, 6.07) is 2.09. The van der Waals surface area contributed by atoms with Gasteiger partial charge in [-0.05, 0) is 20.3 Å². The van der Waals surface area contributed by atoms with Gasteiger partial charge in [-0.1, -0.05) is 6.08 Å². The molecule has 1 heterocycles. The maximum absolute atomic E-state index is 8.61. The first kappa shape index (κ1) is 11.3. The Morgan fingerprint density at radius 2 is 2.33 bits per heavy atom. The first-order chi connectivity index (χ1) is 7.20. The van der Waals surface area contributed by atoms with Crippen LogP contribution in [-0.2, 0) is 6.54 Å². The fourth-order valence-corrected chi connectivity index (χ4v) is 1.47. The number of hydrogen-bond acceptors (Lipinski definition) is 3. The lowest BCUT2D eigenvalue weighted by molar-refractivity contribution is 0.679. The van der Waals surface area contributed by atoms with Gasteiger partial charge in [0.2, 0.25) is 0 Å². The van der Waals surface area contributed by atoms with E-state index in [1.54, 1.807) is 4.68 Å². The lowest BCUT2D eigenvalue weighted by atomic mass is 10.3. The van der Waals surface area contributed by atoms with Crippen LogP contribution in [0.4, 0.5) is 5.69 Å². The molecule has 1 aromatic heterocycles. The van der Waals surface area contributed by atoms with Crippen molar-refractivity contribution in [3.63, 3.8) is 0 Å². The summed E-state index contributed by atoms with van der Waals surface area (Å²) in [5.74, 6) is 0. The molecular weight excluding hydrogens is 188 g/mol. The molecule has 0 radical (unpaired) electrons. The van der Waals surface area contributed by atoms with Crippen LogP contribution in [0.5, 0.6) is 0 Å². The molecule has 0 fully saturated rings. The minimum atomic E-state index is 0.301. The highest BCUT2D eigenvalue weighted by atomic mass is 15.3. The Kier molecular flexibility index (Phi) is 3.92. The normalized spacial score (nSPS) is 9.67. The van der Waals surface area contributed by atoms with Gasteiger partial charge in [-0.15, -0.1) is 6.58 Å². The summed E-state index contributed by atoms with van der Waals surface area (Å²) in [5.41, 5.74) is 2.98. The van der Waals surface area contributed by atoms with Crippen molar-refractivity contribution in [3.05, 3.63) is 24.0 Å². The van der Waals surface area contributed by atoms with Gasteiger partial charge in [-0.3, -0.25) is 4.68 Å². The Labute approximate surface area is 90.2 Å². The van der Waals surface area contributed by atoms with Crippen molar-refractivity contribution in [3.8, 4) is 6.07 Å².